The highest BCUT2D eigenvalue weighted by molar-refractivity contribution is 6.30. The summed E-state index contributed by atoms with van der Waals surface area (Å²) in [4.78, 5) is 0. The molecule has 1 aliphatic carbocycles. The summed E-state index contributed by atoms with van der Waals surface area (Å²) in [5, 5.41) is 0.745. The van der Waals surface area contributed by atoms with Crippen molar-refractivity contribution < 1.29 is 4.74 Å². The molecule has 0 heterocycles. The lowest BCUT2D eigenvalue weighted by atomic mass is 9.74. The lowest BCUT2D eigenvalue weighted by Crippen LogP contribution is -2.45. The van der Waals surface area contributed by atoms with Gasteiger partial charge in [-0.3, -0.25) is 0 Å². The van der Waals surface area contributed by atoms with Crippen LogP contribution in [0.4, 0.5) is 0 Å². The Morgan fingerprint density at radius 2 is 1.83 bits per heavy atom. The molecule has 1 unspecified atom stereocenters. The molecule has 0 aliphatic heterocycles. The molecule has 1 aromatic carbocycles. The van der Waals surface area contributed by atoms with E-state index >= 15 is 0 Å². The number of benzene rings is 1. The topological polar surface area (TPSA) is 35.2 Å². The number of nitrogens with two attached hydrogens (primary N) is 1. The third-order valence-corrected chi connectivity index (χ3v) is 4.58. The number of methoxy groups -OCH3 is 1. The molecule has 1 aliphatic rings. The Morgan fingerprint density at radius 3 is 2.33 bits per heavy atom. The summed E-state index contributed by atoms with van der Waals surface area (Å²) >= 11 is 5.92. The van der Waals surface area contributed by atoms with Crippen LogP contribution in [-0.4, -0.2) is 12.7 Å². The average molecular weight is 268 g/mol. The lowest BCUT2D eigenvalue weighted by molar-refractivity contribution is -0.0672. The van der Waals surface area contributed by atoms with E-state index in [2.05, 4.69) is 6.92 Å². The maximum absolute atomic E-state index is 6.44. The molecule has 0 saturated heterocycles. The number of halogens is 1. The molecule has 0 amide bonds. The molecule has 1 saturated carbocycles. The molecule has 2 rings (SSSR count). The van der Waals surface area contributed by atoms with Gasteiger partial charge in [0.1, 0.15) is 0 Å². The fourth-order valence-corrected chi connectivity index (χ4v) is 2.99. The molecule has 2 nitrogen and oxygen atoms in total. The zero-order chi connectivity index (χ0) is 13.2. The van der Waals surface area contributed by atoms with Gasteiger partial charge in [0.2, 0.25) is 0 Å². The molecule has 0 spiro atoms. The van der Waals surface area contributed by atoms with E-state index in [0.29, 0.717) is 0 Å². The lowest BCUT2D eigenvalue weighted by Gasteiger charge is -2.42. The van der Waals surface area contributed by atoms with Gasteiger partial charge in [0.05, 0.1) is 11.6 Å². The second-order valence-electron chi connectivity index (χ2n) is 5.48. The Kier molecular flexibility index (Phi) is 4.31. The summed E-state index contributed by atoms with van der Waals surface area (Å²) in [6.07, 6.45) is 4.45. The fourth-order valence-electron chi connectivity index (χ4n) is 2.87. The molecule has 0 bridgehead atoms. The smallest absolute Gasteiger partial charge is 0.0870 e. The summed E-state index contributed by atoms with van der Waals surface area (Å²) in [6, 6.07) is 7.72. The van der Waals surface area contributed by atoms with Crippen molar-refractivity contribution in [3.8, 4) is 0 Å². The minimum Gasteiger partial charge on any atom is -0.376 e. The maximum atomic E-state index is 6.44. The molecule has 1 fully saturated rings. The highest BCUT2D eigenvalue weighted by Crippen LogP contribution is 2.41. The van der Waals surface area contributed by atoms with Gasteiger partial charge in [-0.05, 0) is 49.3 Å². The molecule has 3 heteroatoms. The molecular formula is C15H22ClNO. The highest BCUT2D eigenvalue weighted by Gasteiger charge is 2.40. The van der Waals surface area contributed by atoms with E-state index in [1.54, 1.807) is 7.11 Å². The first-order valence-corrected chi connectivity index (χ1v) is 7.01. The predicted molar refractivity (Wildman–Crippen MR) is 75.8 cm³/mol. The third-order valence-electron chi connectivity index (χ3n) is 4.32. The zero-order valence-corrected chi connectivity index (χ0v) is 11.9. The molecule has 2 N–H and O–H groups in total. The molecule has 100 valence electrons. The van der Waals surface area contributed by atoms with E-state index in [-0.39, 0.29) is 11.6 Å². The first-order chi connectivity index (χ1) is 8.57. The molecule has 0 radical (unpaired) electrons. The van der Waals surface area contributed by atoms with Gasteiger partial charge in [0.25, 0.3) is 0 Å². The second-order valence-corrected chi connectivity index (χ2v) is 5.92. The SMILES string of the molecule is COC1(C(N)c2ccc(Cl)cc2)CCC(C)CC1. The van der Waals surface area contributed by atoms with E-state index in [1.807, 2.05) is 24.3 Å². The first-order valence-electron chi connectivity index (χ1n) is 6.63. The number of hydrogen-bond donors (Lipinski definition) is 1. The minimum atomic E-state index is -0.208. The van der Waals surface area contributed by atoms with E-state index in [9.17, 15) is 0 Å². The van der Waals surface area contributed by atoms with Crippen LogP contribution in [0.5, 0.6) is 0 Å². The van der Waals surface area contributed by atoms with Crippen molar-refractivity contribution in [3.63, 3.8) is 0 Å². The van der Waals surface area contributed by atoms with Crippen LogP contribution in [0, 0.1) is 5.92 Å². The van der Waals surface area contributed by atoms with Gasteiger partial charge in [-0.25, -0.2) is 0 Å². The molecule has 1 atom stereocenters. The van der Waals surface area contributed by atoms with Crippen molar-refractivity contribution in [2.45, 2.75) is 44.2 Å². The van der Waals surface area contributed by atoms with Crippen molar-refractivity contribution in [2.24, 2.45) is 11.7 Å². The average Bonchev–Trinajstić information content (AvgIpc) is 2.40. The summed E-state index contributed by atoms with van der Waals surface area (Å²) in [5.74, 6) is 0.783. The number of rotatable bonds is 3. The zero-order valence-electron chi connectivity index (χ0n) is 11.2. The van der Waals surface area contributed by atoms with Crippen LogP contribution in [0.2, 0.25) is 5.02 Å². The minimum absolute atomic E-state index is 0.0766. The summed E-state index contributed by atoms with van der Waals surface area (Å²) in [5.41, 5.74) is 7.34. The van der Waals surface area contributed by atoms with Crippen LogP contribution < -0.4 is 5.73 Å². The predicted octanol–water partition coefficient (Wildman–Crippen LogP) is 3.94. The van der Waals surface area contributed by atoms with Gasteiger partial charge >= 0.3 is 0 Å². The standard InChI is InChI=1S/C15H22ClNO/c1-11-7-9-15(18-2,10-8-11)14(17)12-3-5-13(16)6-4-12/h3-6,11,14H,7-10,17H2,1-2H3. The van der Waals surface area contributed by atoms with Crippen molar-refractivity contribution in [3.05, 3.63) is 34.9 Å². The summed E-state index contributed by atoms with van der Waals surface area (Å²) in [6.45, 7) is 2.30. The van der Waals surface area contributed by atoms with Crippen molar-refractivity contribution in [1.82, 2.24) is 0 Å². The molecular weight excluding hydrogens is 246 g/mol. The molecule has 0 aromatic heterocycles. The highest BCUT2D eigenvalue weighted by atomic mass is 35.5. The Hall–Kier alpha value is -0.570. The molecule has 18 heavy (non-hydrogen) atoms. The monoisotopic (exact) mass is 267 g/mol. The van der Waals surface area contributed by atoms with Crippen LogP contribution in [0.15, 0.2) is 24.3 Å². The number of ether oxygens (including phenoxy) is 1. The van der Waals surface area contributed by atoms with Crippen molar-refractivity contribution >= 4 is 11.6 Å². The van der Waals surface area contributed by atoms with Gasteiger partial charge in [0.15, 0.2) is 0 Å². The Balaban J connectivity index is 2.19. The van der Waals surface area contributed by atoms with Gasteiger partial charge in [0, 0.05) is 12.1 Å². The van der Waals surface area contributed by atoms with E-state index in [1.165, 1.54) is 12.8 Å². The summed E-state index contributed by atoms with van der Waals surface area (Å²) in [7, 11) is 1.78. The quantitative estimate of drug-likeness (QED) is 0.900. The van der Waals surface area contributed by atoms with Gasteiger partial charge in [-0.2, -0.15) is 0 Å². The van der Waals surface area contributed by atoms with Crippen LogP contribution in [0.1, 0.15) is 44.2 Å². The van der Waals surface area contributed by atoms with E-state index in [4.69, 9.17) is 22.1 Å². The van der Waals surface area contributed by atoms with Crippen LogP contribution in [0.3, 0.4) is 0 Å². The van der Waals surface area contributed by atoms with Crippen LogP contribution in [-0.2, 0) is 4.74 Å². The third kappa shape index (κ3) is 2.71. The first kappa shape index (κ1) is 13.9. The molecule has 1 aromatic rings. The van der Waals surface area contributed by atoms with Gasteiger partial charge < -0.3 is 10.5 Å². The van der Waals surface area contributed by atoms with Crippen molar-refractivity contribution in [1.29, 1.82) is 0 Å². The van der Waals surface area contributed by atoms with Gasteiger partial charge in [-0.1, -0.05) is 30.7 Å². The fraction of sp³-hybridized carbons (Fsp3) is 0.600. The Labute approximate surface area is 114 Å². The van der Waals surface area contributed by atoms with Gasteiger partial charge in [-0.15, -0.1) is 0 Å². The summed E-state index contributed by atoms with van der Waals surface area (Å²) < 4.78 is 5.82. The number of hydrogen-bond acceptors (Lipinski definition) is 2. The van der Waals surface area contributed by atoms with E-state index in [0.717, 1.165) is 29.3 Å². The largest absolute Gasteiger partial charge is 0.376 e. The normalized spacial score (nSPS) is 30.1. The second kappa shape index (κ2) is 5.60. The Morgan fingerprint density at radius 1 is 1.28 bits per heavy atom. The van der Waals surface area contributed by atoms with Crippen LogP contribution >= 0.6 is 11.6 Å². The maximum Gasteiger partial charge on any atom is 0.0870 e. The Bertz CT molecular complexity index is 382. The van der Waals surface area contributed by atoms with Crippen LogP contribution in [0.25, 0.3) is 0 Å². The van der Waals surface area contributed by atoms with E-state index < -0.39 is 0 Å². The van der Waals surface area contributed by atoms with Crippen molar-refractivity contribution in [2.75, 3.05) is 7.11 Å².